The molecule has 1 rings (SSSR count). The second-order valence-corrected chi connectivity index (χ2v) is 6.10. The summed E-state index contributed by atoms with van der Waals surface area (Å²) in [5, 5.41) is 7.43. The molecule has 5 nitrogen and oxygen atoms in total. The van der Waals surface area contributed by atoms with Crippen LogP contribution in [0.4, 0.5) is 0 Å². The molecule has 18 heavy (non-hydrogen) atoms. The van der Waals surface area contributed by atoms with Gasteiger partial charge in [-0.2, -0.15) is 5.26 Å². The Morgan fingerprint density at radius 3 is 2.39 bits per heavy atom. The van der Waals surface area contributed by atoms with E-state index < -0.39 is 21.1 Å². The molecule has 0 amide bonds. The van der Waals surface area contributed by atoms with Gasteiger partial charge in [0.1, 0.15) is 0 Å². The summed E-state index contributed by atoms with van der Waals surface area (Å²) in [6, 6.07) is 8.13. The van der Waals surface area contributed by atoms with E-state index in [9.17, 15) is 13.2 Å². The smallest absolute Gasteiger partial charge is 0.323 e. The molecule has 0 heterocycles. The first-order valence-electron chi connectivity index (χ1n) is 5.19. The van der Waals surface area contributed by atoms with Gasteiger partial charge < -0.3 is 4.74 Å². The molecule has 1 atom stereocenters. The monoisotopic (exact) mass is 267 g/mol. The van der Waals surface area contributed by atoms with Crippen LogP contribution in [0.2, 0.25) is 0 Å². The number of methoxy groups -OCH3 is 1. The van der Waals surface area contributed by atoms with Crippen LogP contribution < -0.4 is 0 Å². The Labute approximate surface area is 106 Å². The molecule has 1 aromatic carbocycles. The van der Waals surface area contributed by atoms with Crippen LogP contribution in [0.1, 0.15) is 18.1 Å². The Bertz CT molecular complexity index is 569. The molecule has 96 valence electrons. The fourth-order valence-electron chi connectivity index (χ4n) is 1.35. The lowest BCUT2D eigenvalue weighted by Gasteiger charge is -2.10. The zero-order chi connectivity index (χ0) is 13.8. The molecule has 0 radical (unpaired) electrons. The maximum atomic E-state index is 11.9. The van der Waals surface area contributed by atoms with Crippen LogP contribution in [-0.4, -0.2) is 26.7 Å². The number of hydrogen-bond donors (Lipinski definition) is 0. The Balaban J connectivity index is 2.89. The quantitative estimate of drug-likeness (QED) is 0.761. The van der Waals surface area contributed by atoms with Crippen molar-refractivity contribution in [3.05, 3.63) is 35.4 Å². The number of carbonyl (C=O) groups excluding carboxylic acids is 1. The third-order valence-corrected chi connectivity index (χ3v) is 4.53. The van der Waals surface area contributed by atoms with Crippen LogP contribution in [0.3, 0.4) is 0 Å². The molecule has 0 saturated carbocycles. The number of nitrogens with zero attached hydrogens (tertiary/aromatic N) is 1. The first kappa shape index (κ1) is 14.2. The SMILES string of the molecule is COC(=O)C(C)S(=O)(=O)Cc1ccc(C#N)cc1. The lowest BCUT2D eigenvalue weighted by Crippen LogP contribution is -2.29. The minimum atomic E-state index is -3.60. The molecule has 0 spiro atoms. The third-order valence-electron chi connectivity index (χ3n) is 2.52. The van der Waals surface area contributed by atoms with Gasteiger partial charge in [0.25, 0.3) is 0 Å². The lowest BCUT2D eigenvalue weighted by molar-refractivity contribution is -0.139. The molecule has 6 heteroatoms. The van der Waals surface area contributed by atoms with E-state index in [1.165, 1.54) is 19.1 Å². The van der Waals surface area contributed by atoms with Gasteiger partial charge >= 0.3 is 5.97 Å². The number of sulfone groups is 1. The zero-order valence-electron chi connectivity index (χ0n) is 10.1. The van der Waals surface area contributed by atoms with Crippen molar-refractivity contribution >= 4 is 15.8 Å². The van der Waals surface area contributed by atoms with E-state index in [2.05, 4.69) is 4.74 Å². The number of nitriles is 1. The Hall–Kier alpha value is -1.87. The van der Waals surface area contributed by atoms with Crippen LogP contribution in [0.25, 0.3) is 0 Å². The summed E-state index contributed by atoms with van der Waals surface area (Å²) in [4.78, 5) is 11.2. The average molecular weight is 267 g/mol. The molecule has 1 aromatic rings. The van der Waals surface area contributed by atoms with E-state index in [0.717, 1.165) is 7.11 Å². The predicted molar refractivity (Wildman–Crippen MR) is 65.3 cm³/mol. The van der Waals surface area contributed by atoms with Crippen molar-refractivity contribution in [2.24, 2.45) is 0 Å². The van der Waals surface area contributed by atoms with Gasteiger partial charge in [0.2, 0.25) is 0 Å². The van der Waals surface area contributed by atoms with Crippen molar-refractivity contribution in [1.82, 2.24) is 0 Å². The summed E-state index contributed by atoms with van der Waals surface area (Å²) in [5.74, 6) is -1.03. The summed E-state index contributed by atoms with van der Waals surface area (Å²) in [5.41, 5.74) is 0.988. The molecule has 0 N–H and O–H groups in total. The molecular weight excluding hydrogens is 254 g/mol. The van der Waals surface area contributed by atoms with Crippen molar-refractivity contribution in [3.63, 3.8) is 0 Å². The molecule has 0 aliphatic heterocycles. The molecule has 0 saturated heterocycles. The van der Waals surface area contributed by atoms with Crippen molar-refractivity contribution in [2.45, 2.75) is 17.9 Å². The van der Waals surface area contributed by atoms with Gasteiger partial charge in [-0.3, -0.25) is 4.79 Å². The Kier molecular flexibility index (Phi) is 4.45. The standard InChI is InChI=1S/C12H13NO4S/c1-9(12(14)17-2)18(15,16)8-11-5-3-10(7-13)4-6-11/h3-6,9H,8H2,1-2H3. The molecule has 0 aliphatic carbocycles. The van der Waals surface area contributed by atoms with Gasteiger partial charge in [-0.05, 0) is 24.6 Å². The van der Waals surface area contributed by atoms with E-state index in [1.807, 2.05) is 6.07 Å². The number of carbonyl (C=O) groups is 1. The van der Waals surface area contributed by atoms with Crippen molar-refractivity contribution in [1.29, 1.82) is 5.26 Å². The van der Waals surface area contributed by atoms with E-state index in [-0.39, 0.29) is 5.75 Å². The normalized spacial score (nSPS) is 12.5. The van der Waals surface area contributed by atoms with Crippen molar-refractivity contribution in [2.75, 3.05) is 7.11 Å². The topological polar surface area (TPSA) is 84.2 Å². The van der Waals surface area contributed by atoms with Gasteiger partial charge in [0.05, 0.1) is 24.5 Å². The molecule has 0 fully saturated rings. The summed E-state index contributed by atoms with van der Waals surface area (Å²) < 4.78 is 28.2. The number of hydrogen-bond acceptors (Lipinski definition) is 5. The minimum absolute atomic E-state index is 0.255. The van der Waals surface area contributed by atoms with Crippen LogP contribution in [0, 0.1) is 11.3 Å². The van der Waals surface area contributed by atoms with Crippen molar-refractivity contribution in [3.8, 4) is 6.07 Å². The third kappa shape index (κ3) is 3.31. The second-order valence-electron chi connectivity index (χ2n) is 3.78. The molecule has 0 aliphatic rings. The van der Waals surface area contributed by atoms with Gasteiger partial charge in [-0.1, -0.05) is 12.1 Å². The van der Waals surface area contributed by atoms with Crippen LogP contribution in [0.5, 0.6) is 0 Å². The van der Waals surface area contributed by atoms with Crippen molar-refractivity contribution < 1.29 is 17.9 Å². The Morgan fingerprint density at radius 1 is 1.39 bits per heavy atom. The highest BCUT2D eigenvalue weighted by Gasteiger charge is 2.28. The maximum Gasteiger partial charge on any atom is 0.323 e. The zero-order valence-corrected chi connectivity index (χ0v) is 10.9. The largest absolute Gasteiger partial charge is 0.468 e. The van der Waals surface area contributed by atoms with E-state index >= 15 is 0 Å². The van der Waals surface area contributed by atoms with Crippen LogP contribution >= 0.6 is 0 Å². The minimum Gasteiger partial charge on any atom is -0.468 e. The summed E-state index contributed by atoms with van der Waals surface area (Å²) >= 11 is 0. The second kappa shape index (κ2) is 5.65. The Morgan fingerprint density at radius 2 is 1.94 bits per heavy atom. The highest BCUT2D eigenvalue weighted by Crippen LogP contribution is 2.13. The first-order chi connectivity index (χ1) is 8.40. The average Bonchev–Trinajstić information content (AvgIpc) is 2.37. The van der Waals surface area contributed by atoms with E-state index in [4.69, 9.17) is 5.26 Å². The number of esters is 1. The number of rotatable bonds is 4. The number of ether oxygens (including phenoxy) is 1. The molecular formula is C12H13NO4S. The fraction of sp³-hybridized carbons (Fsp3) is 0.333. The highest BCUT2D eigenvalue weighted by molar-refractivity contribution is 7.92. The molecule has 1 unspecified atom stereocenters. The van der Waals surface area contributed by atoms with Gasteiger partial charge in [0.15, 0.2) is 15.1 Å². The van der Waals surface area contributed by atoms with E-state index in [1.54, 1.807) is 12.1 Å². The fourth-order valence-corrected chi connectivity index (χ4v) is 2.64. The highest BCUT2D eigenvalue weighted by atomic mass is 32.2. The lowest BCUT2D eigenvalue weighted by atomic mass is 10.2. The molecule has 0 aromatic heterocycles. The van der Waals surface area contributed by atoms with Gasteiger partial charge in [0, 0.05) is 0 Å². The van der Waals surface area contributed by atoms with Crippen LogP contribution in [-0.2, 0) is 25.1 Å². The van der Waals surface area contributed by atoms with Gasteiger partial charge in [-0.15, -0.1) is 0 Å². The van der Waals surface area contributed by atoms with Crippen LogP contribution in [0.15, 0.2) is 24.3 Å². The van der Waals surface area contributed by atoms with Gasteiger partial charge in [-0.25, -0.2) is 8.42 Å². The maximum absolute atomic E-state index is 11.9. The number of benzene rings is 1. The summed E-state index contributed by atoms with van der Waals surface area (Å²) in [7, 11) is -2.45. The van der Waals surface area contributed by atoms with E-state index in [0.29, 0.717) is 11.1 Å². The summed E-state index contributed by atoms with van der Waals surface area (Å²) in [6.45, 7) is 1.30. The summed E-state index contributed by atoms with van der Waals surface area (Å²) in [6.07, 6.45) is 0. The molecule has 0 bridgehead atoms. The first-order valence-corrected chi connectivity index (χ1v) is 6.90. The predicted octanol–water partition coefficient (Wildman–Crippen LogP) is 1.03.